The van der Waals surface area contributed by atoms with E-state index < -0.39 is 15.8 Å². The van der Waals surface area contributed by atoms with Crippen molar-refractivity contribution in [1.82, 2.24) is 8.87 Å². The smallest absolute Gasteiger partial charge is 0.408 e. The van der Waals surface area contributed by atoms with Crippen LogP contribution in [0.5, 0.6) is 0 Å². The van der Waals surface area contributed by atoms with Crippen LogP contribution in [0, 0.1) is 0 Å². The first-order valence-corrected chi connectivity index (χ1v) is 10.0. The molecule has 4 rings (SSSR count). The van der Waals surface area contributed by atoms with Gasteiger partial charge in [0.2, 0.25) is 10.0 Å². The Balaban J connectivity index is 1.70. The highest BCUT2D eigenvalue weighted by Gasteiger charge is 2.34. The first-order valence-electron chi connectivity index (χ1n) is 8.22. The molecule has 136 valence electrons. The molecule has 3 aromatic rings. The number of aryl methyl sites for hydroxylation is 1. The summed E-state index contributed by atoms with van der Waals surface area (Å²) in [4.78, 5) is 11.6. The molecule has 1 atom stereocenters. The van der Waals surface area contributed by atoms with Crippen molar-refractivity contribution < 1.29 is 12.8 Å². The van der Waals surface area contributed by atoms with E-state index in [0.717, 1.165) is 12.0 Å². The molecule has 0 saturated carbocycles. The van der Waals surface area contributed by atoms with Crippen molar-refractivity contribution >= 4 is 32.7 Å². The van der Waals surface area contributed by atoms with E-state index in [4.69, 9.17) is 16.0 Å². The lowest BCUT2D eigenvalue weighted by atomic mass is 9.99. The van der Waals surface area contributed by atoms with Crippen molar-refractivity contribution in [2.75, 3.05) is 13.1 Å². The average Bonchev–Trinajstić information content (AvgIpc) is 3.22. The van der Waals surface area contributed by atoms with Gasteiger partial charge in [0.25, 0.3) is 0 Å². The molecule has 0 bridgehead atoms. The molecular weight excluding hydrogens is 376 g/mol. The van der Waals surface area contributed by atoms with Crippen molar-refractivity contribution in [3.63, 3.8) is 0 Å². The third kappa shape index (κ3) is 2.76. The van der Waals surface area contributed by atoms with Gasteiger partial charge in [0.15, 0.2) is 5.58 Å². The van der Waals surface area contributed by atoms with Gasteiger partial charge in [-0.3, -0.25) is 4.57 Å². The van der Waals surface area contributed by atoms with Crippen molar-refractivity contribution in [3.8, 4) is 0 Å². The summed E-state index contributed by atoms with van der Waals surface area (Å²) in [5.74, 6) is -0.404. The maximum atomic E-state index is 13.1. The fourth-order valence-electron chi connectivity index (χ4n) is 3.41. The quantitative estimate of drug-likeness (QED) is 0.687. The van der Waals surface area contributed by atoms with Crippen LogP contribution in [0.4, 0.5) is 0 Å². The first-order chi connectivity index (χ1) is 12.4. The van der Waals surface area contributed by atoms with Crippen LogP contribution in [-0.2, 0) is 17.1 Å². The van der Waals surface area contributed by atoms with E-state index in [0.29, 0.717) is 18.6 Å². The maximum absolute atomic E-state index is 13.1. The zero-order chi connectivity index (χ0) is 18.5. The van der Waals surface area contributed by atoms with Crippen LogP contribution in [0.1, 0.15) is 17.9 Å². The number of aromatic nitrogens is 1. The summed E-state index contributed by atoms with van der Waals surface area (Å²) in [6, 6.07) is 12.7. The lowest BCUT2D eigenvalue weighted by molar-refractivity contribution is 0.472. The van der Waals surface area contributed by atoms with E-state index in [1.165, 1.54) is 21.0 Å². The number of nitrogens with zero attached hydrogens (tertiary/aromatic N) is 2. The van der Waals surface area contributed by atoms with Gasteiger partial charge in [-0.2, -0.15) is 4.31 Å². The van der Waals surface area contributed by atoms with Gasteiger partial charge in [0.05, 0.1) is 10.5 Å². The standard InChI is InChI=1S/C18H17ClN2O4S/c1-20-15-9-14(19)17(10-16(15)25-18(20)22)26(23,24)21-8-7-13(11-21)12-5-3-2-4-6-12/h2-6,9-10,13H,7-8,11H2,1H3/t13-/m1/s1. The van der Waals surface area contributed by atoms with Gasteiger partial charge < -0.3 is 4.42 Å². The molecule has 2 heterocycles. The molecule has 1 aliphatic heterocycles. The first kappa shape index (κ1) is 17.3. The average molecular weight is 393 g/mol. The highest BCUT2D eigenvalue weighted by Crippen LogP contribution is 2.34. The van der Waals surface area contributed by atoms with Crippen molar-refractivity contribution in [2.24, 2.45) is 7.05 Å². The molecule has 0 aliphatic carbocycles. The Morgan fingerprint density at radius 2 is 1.92 bits per heavy atom. The SMILES string of the molecule is Cn1c(=O)oc2cc(S(=O)(=O)N3CC[C@@H](c4ccccc4)C3)c(Cl)cc21. The lowest BCUT2D eigenvalue weighted by Crippen LogP contribution is -2.29. The molecule has 0 N–H and O–H groups in total. The van der Waals surface area contributed by atoms with Gasteiger partial charge in [0.1, 0.15) is 4.90 Å². The molecule has 6 nitrogen and oxygen atoms in total. The number of oxazole rings is 1. The Hall–Kier alpha value is -2.09. The molecule has 1 saturated heterocycles. The summed E-state index contributed by atoms with van der Waals surface area (Å²) in [7, 11) is -2.23. The number of benzene rings is 2. The van der Waals surface area contributed by atoms with E-state index in [-0.39, 0.29) is 21.4 Å². The number of halogens is 1. The van der Waals surface area contributed by atoms with Crippen molar-refractivity contribution in [1.29, 1.82) is 0 Å². The minimum absolute atomic E-state index is 0.0327. The molecule has 26 heavy (non-hydrogen) atoms. The molecule has 1 fully saturated rings. The van der Waals surface area contributed by atoms with E-state index in [2.05, 4.69) is 0 Å². The van der Waals surface area contributed by atoms with Crippen molar-refractivity contribution in [2.45, 2.75) is 17.2 Å². The van der Waals surface area contributed by atoms with Gasteiger partial charge in [0, 0.05) is 26.2 Å². The van der Waals surface area contributed by atoms with Crippen LogP contribution in [0.25, 0.3) is 11.1 Å². The minimum atomic E-state index is -3.78. The van der Waals surface area contributed by atoms with Gasteiger partial charge >= 0.3 is 5.76 Å². The fraction of sp³-hybridized carbons (Fsp3) is 0.278. The summed E-state index contributed by atoms with van der Waals surface area (Å²) in [5, 5.41) is 0.0806. The Labute approximate surface area is 155 Å². The summed E-state index contributed by atoms with van der Waals surface area (Å²) in [5.41, 5.74) is 1.79. The monoisotopic (exact) mass is 392 g/mol. The van der Waals surface area contributed by atoms with Crippen LogP contribution < -0.4 is 5.76 Å². The fourth-order valence-corrected chi connectivity index (χ4v) is 5.42. The second-order valence-electron chi connectivity index (χ2n) is 6.44. The van der Waals surface area contributed by atoms with E-state index in [9.17, 15) is 13.2 Å². The van der Waals surface area contributed by atoms with Crippen LogP contribution in [0.3, 0.4) is 0 Å². The summed E-state index contributed by atoms with van der Waals surface area (Å²) in [6.45, 7) is 0.828. The molecule has 2 aromatic carbocycles. The molecule has 0 amide bonds. The third-order valence-corrected chi connectivity index (χ3v) is 7.22. The zero-order valence-corrected chi connectivity index (χ0v) is 15.6. The number of hydrogen-bond acceptors (Lipinski definition) is 4. The lowest BCUT2D eigenvalue weighted by Gasteiger charge is -2.17. The number of rotatable bonds is 3. The highest BCUT2D eigenvalue weighted by atomic mass is 35.5. The number of hydrogen-bond donors (Lipinski definition) is 0. The Morgan fingerprint density at radius 1 is 1.19 bits per heavy atom. The predicted octanol–water partition coefficient (Wildman–Crippen LogP) is 2.96. The largest absolute Gasteiger partial charge is 0.419 e. The zero-order valence-electron chi connectivity index (χ0n) is 14.1. The predicted molar refractivity (Wildman–Crippen MR) is 99.0 cm³/mol. The Bertz CT molecular complexity index is 1140. The van der Waals surface area contributed by atoms with Gasteiger partial charge in [-0.15, -0.1) is 0 Å². The molecular formula is C18H17ClN2O4S. The van der Waals surface area contributed by atoms with E-state index in [1.54, 1.807) is 7.05 Å². The highest BCUT2D eigenvalue weighted by molar-refractivity contribution is 7.89. The molecule has 0 radical (unpaired) electrons. The molecule has 1 aliphatic rings. The molecule has 0 unspecified atom stereocenters. The Kier molecular flexibility index (Phi) is 4.17. The Morgan fingerprint density at radius 3 is 2.65 bits per heavy atom. The van der Waals surface area contributed by atoms with E-state index >= 15 is 0 Å². The van der Waals surface area contributed by atoms with Gasteiger partial charge in [-0.1, -0.05) is 41.9 Å². The summed E-state index contributed by atoms with van der Waals surface area (Å²) < 4.78 is 34.0. The maximum Gasteiger partial charge on any atom is 0.419 e. The van der Waals surface area contributed by atoms with Gasteiger partial charge in [-0.25, -0.2) is 13.2 Å². The van der Waals surface area contributed by atoms with Crippen LogP contribution in [-0.4, -0.2) is 30.4 Å². The molecule has 1 aromatic heterocycles. The van der Waals surface area contributed by atoms with E-state index in [1.807, 2.05) is 30.3 Å². The molecule has 8 heteroatoms. The second kappa shape index (κ2) is 6.26. The van der Waals surface area contributed by atoms with Crippen molar-refractivity contribution in [3.05, 3.63) is 63.6 Å². The van der Waals surface area contributed by atoms with Gasteiger partial charge in [-0.05, 0) is 24.0 Å². The summed E-state index contributed by atoms with van der Waals surface area (Å²) >= 11 is 6.24. The second-order valence-corrected chi connectivity index (χ2v) is 8.75. The van der Waals surface area contributed by atoms with Crippen LogP contribution in [0.15, 0.2) is 56.6 Å². The minimum Gasteiger partial charge on any atom is -0.408 e. The topological polar surface area (TPSA) is 72.5 Å². The molecule has 0 spiro atoms. The number of fused-ring (bicyclic) bond motifs is 1. The normalized spacial score (nSPS) is 18.6. The third-order valence-electron chi connectivity index (χ3n) is 4.89. The van der Waals surface area contributed by atoms with Crippen LogP contribution >= 0.6 is 11.6 Å². The van der Waals surface area contributed by atoms with Crippen LogP contribution in [0.2, 0.25) is 5.02 Å². The summed E-state index contributed by atoms with van der Waals surface area (Å²) in [6.07, 6.45) is 0.753. The number of sulfonamides is 1.